The minimum Gasteiger partial charge on any atom is -0.378 e. The third-order valence-electron chi connectivity index (χ3n) is 2.96. The van der Waals surface area contributed by atoms with Crippen molar-refractivity contribution in [2.75, 3.05) is 31.6 Å². The standard InChI is InChI=1S/C13H14N4OS2/c19-13(17-6-8-18-9-7-17)14-12-16-15-11(20-12)10-4-2-1-3-5-10/h1-5H,6-9H2,(H,14,16,19). The number of nitrogens with one attached hydrogen (secondary N) is 1. The third kappa shape index (κ3) is 3.12. The molecule has 1 aliphatic rings. The van der Waals surface area contributed by atoms with Crippen LogP contribution in [0.3, 0.4) is 0 Å². The Kier molecular flexibility index (Phi) is 4.19. The number of aromatic nitrogens is 2. The van der Waals surface area contributed by atoms with Crippen molar-refractivity contribution in [3.05, 3.63) is 30.3 Å². The summed E-state index contributed by atoms with van der Waals surface area (Å²) in [5, 5.41) is 13.8. The van der Waals surface area contributed by atoms with E-state index in [4.69, 9.17) is 17.0 Å². The van der Waals surface area contributed by atoms with Gasteiger partial charge in [0.15, 0.2) is 5.11 Å². The van der Waals surface area contributed by atoms with Crippen LogP contribution < -0.4 is 5.32 Å². The molecular weight excluding hydrogens is 292 g/mol. The summed E-state index contributed by atoms with van der Waals surface area (Å²) >= 11 is 6.88. The SMILES string of the molecule is S=C(Nc1nnc(-c2ccccc2)s1)N1CCOCC1. The summed E-state index contributed by atoms with van der Waals surface area (Å²) in [4.78, 5) is 2.09. The number of thiocarbonyl (C=S) groups is 1. The minimum atomic E-state index is 0.684. The van der Waals surface area contributed by atoms with Crippen molar-refractivity contribution in [3.63, 3.8) is 0 Å². The van der Waals surface area contributed by atoms with Crippen LogP contribution in [0.25, 0.3) is 10.6 Å². The predicted octanol–water partition coefficient (Wildman–Crippen LogP) is 2.23. The molecule has 0 amide bonds. The Hall–Kier alpha value is -1.57. The maximum absolute atomic E-state index is 5.38. The van der Waals surface area contributed by atoms with Gasteiger partial charge in [-0.05, 0) is 12.2 Å². The molecule has 0 spiro atoms. The summed E-state index contributed by atoms with van der Waals surface area (Å²) in [5.74, 6) is 0. The Balaban J connectivity index is 1.66. The normalized spacial score (nSPS) is 15.1. The Labute approximate surface area is 126 Å². The number of benzene rings is 1. The number of morpholine rings is 1. The Morgan fingerprint density at radius 2 is 1.95 bits per heavy atom. The van der Waals surface area contributed by atoms with Gasteiger partial charge < -0.3 is 15.0 Å². The molecule has 1 aliphatic heterocycles. The molecule has 5 nitrogen and oxygen atoms in total. The number of ether oxygens (including phenoxy) is 1. The fourth-order valence-electron chi connectivity index (χ4n) is 1.91. The lowest BCUT2D eigenvalue weighted by molar-refractivity contribution is 0.0690. The third-order valence-corrected chi connectivity index (χ3v) is 4.21. The lowest BCUT2D eigenvalue weighted by atomic mass is 10.2. The quantitative estimate of drug-likeness (QED) is 0.859. The molecule has 1 aromatic carbocycles. The highest BCUT2D eigenvalue weighted by atomic mass is 32.1. The molecule has 0 unspecified atom stereocenters. The average molecular weight is 306 g/mol. The summed E-state index contributed by atoms with van der Waals surface area (Å²) in [6.45, 7) is 3.06. The summed E-state index contributed by atoms with van der Waals surface area (Å²) in [6, 6.07) is 10.00. The monoisotopic (exact) mass is 306 g/mol. The lowest BCUT2D eigenvalue weighted by Gasteiger charge is -2.28. The van der Waals surface area contributed by atoms with Crippen LogP contribution in [0.2, 0.25) is 0 Å². The Morgan fingerprint density at radius 3 is 2.70 bits per heavy atom. The molecule has 20 heavy (non-hydrogen) atoms. The van der Waals surface area contributed by atoms with Gasteiger partial charge in [-0.3, -0.25) is 0 Å². The van der Waals surface area contributed by atoms with Crippen LogP contribution in [0.15, 0.2) is 30.3 Å². The molecule has 1 fully saturated rings. The van der Waals surface area contributed by atoms with Crippen LogP contribution in [0.4, 0.5) is 5.13 Å². The highest BCUT2D eigenvalue weighted by Gasteiger charge is 2.15. The van der Waals surface area contributed by atoms with Gasteiger partial charge in [0.1, 0.15) is 5.01 Å². The van der Waals surface area contributed by atoms with Gasteiger partial charge >= 0.3 is 0 Å². The second kappa shape index (κ2) is 6.25. The maximum atomic E-state index is 5.38. The van der Waals surface area contributed by atoms with Crippen LogP contribution in [-0.4, -0.2) is 46.5 Å². The number of anilines is 1. The van der Waals surface area contributed by atoms with Gasteiger partial charge in [0.05, 0.1) is 13.2 Å². The molecule has 0 bridgehead atoms. The first-order valence-electron chi connectivity index (χ1n) is 6.35. The van der Waals surface area contributed by atoms with Crippen LogP contribution in [0, 0.1) is 0 Å². The molecule has 1 saturated heterocycles. The van der Waals surface area contributed by atoms with Crippen LogP contribution in [0.1, 0.15) is 0 Å². The number of hydrogen-bond donors (Lipinski definition) is 1. The van der Waals surface area contributed by atoms with Crippen LogP contribution >= 0.6 is 23.6 Å². The Morgan fingerprint density at radius 1 is 1.20 bits per heavy atom. The van der Waals surface area contributed by atoms with Crippen LogP contribution in [0.5, 0.6) is 0 Å². The van der Waals surface area contributed by atoms with Crippen molar-refractivity contribution in [3.8, 4) is 10.6 Å². The molecule has 3 rings (SSSR count). The van der Waals surface area contributed by atoms with Crippen molar-refractivity contribution in [2.24, 2.45) is 0 Å². The number of nitrogens with zero attached hydrogens (tertiary/aromatic N) is 3. The first-order chi connectivity index (χ1) is 9.83. The molecule has 0 aliphatic carbocycles. The molecule has 0 saturated carbocycles. The molecule has 0 radical (unpaired) electrons. The first-order valence-corrected chi connectivity index (χ1v) is 7.58. The second-order valence-electron chi connectivity index (χ2n) is 4.31. The first kappa shape index (κ1) is 13.4. The van der Waals surface area contributed by atoms with E-state index < -0.39 is 0 Å². The van der Waals surface area contributed by atoms with Gasteiger partial charge in [-0.1, -0.05) is 41.7 Å². The van der Waals surface area contributed by atoms with E-state index in [2.05, 4.69) is 20.4 Å². The van der Waals surface area contributed by atoms with Gasteiger partial charge in [-0.25, -0.2) is 0 Å². The van der Waals surface area contributed by atoms with E-state index in [1.807, 2.05) is 30.3 Å². The van der Waals surface area contributed by atoms with Crippen molar-refractivity contribution in [1.82, 2.24) is 15.1 Å². The lowest BCUT2D eigenvalue weighted by Crippen LogP contribution is -2.42. The molecule has 1 aromatic heterocycles. The number of hydrogen-bond acceptors (Lipinski definition) is 5. The largest absolute Gasteiger partial charge is 0.378 e. The molecule has 2 aromatic rings. The van der Waals surface area contributed by atoms with Crippen molar-refractivity contribution < 1.29 is 4.74 Å². The second-order valence-corrected chi connectivity index (χ2v) is 5.67. The van der Waals surface area contributed by atoms with Gasteiger partial charge in [-0.2, -0.15) is 0 Å². The molecule has 7 heteroatoms. The summed E-state index contributed by atoms with van der Waals surface area (Å²) in [6.07, 6.45) is 0. The summed E-state index contributed by atoms with van der Waals surface area (Å²) < 4.78 is 5.31. The molecule has 1 N–H and O–H groups in total. The topological polar surface area (TPSA) is 50.3 Å². The number of rotatable bonds is 2. The van der Waals surface area contributed by atoms with E-state index in [0.29, 0.717) is 18.3 Å². The van der Waals surface area contributed by atoms with E-state index >= 15 is 0 Å². The van der Waals surface area contributed by atoms with Gasteiger partial charge in [-0.15, -0.1) is 10.2 Å². The highest BCUT2D eigenvalue weighted by molar-refractivity contribution is 7.80. The Bertz CT molecular complexity index is 581. The minimum absolute atomic E-state index is 0.684. The molecular formula is C13H14N4OS2. The van der Waals surface area contributed by atoms with Gasteiger partial charge in [0.2, 0.25) is 5.13 Å². The summed E-state index contributed by atoms with van der Waals surface area (Å²) in [7, 11) is 0. The maximum Gasteiger partial charge on any atom is 0.212 e. The molecule has 0 atom stereocenters. The van der Waals surface area contributed by atoms with E-state index in [0.717, 1.165) is 28.8 Å². The van der Waals surface area contributed by atoms with Crippen molar-refractivity contribution in [2.45, 2.75) is 0 Å². The average Bonchev–Trinajstić information content (AvgIpc) is 2.97. The predicted molar refractivity (Wildman–Crippen MR) is 84.0 cm³/mol. The van der Waals surface area contributed by atoms with E-state index in [9.17, 15) is 0 Å². The zero-order chi connectivity index (χ0) is 13.8. The molecule has 2 heterocycles. The van der Waals surface area contributed by atoms with E-state index in [-0.39, 0.29) is 0 Å². The smallest absolute Gasteiger partial charge is 0.212 e. The van der Waals surface area contributed by atoms with Crippen molar-refractivity contribution >= 4 is 33.8 Å². The zero-order valence-corrected chi connectivity index (χ0v) is 12.4. The fourth-order valence-corrected chi connectivity index (χ4v) is 3.00. The zero-order valence-electron chi connectivity index (χ0n) is 10.8. The fraction of sp³-hybridized carbons (Fsp3) is 0.308. The summed E-state index contributed by atoms with van der Waals surface area (Å²) in [5.41, 5.74) is 1.07. The highest BCUT2D eigenvalue weighted by Crippen LogP contribution is 2.26. The van der Waals surface area contributed by atoms with Gasteiger partial charge in [0.25, 0.3) is 0 Å². The van der Waals surface area contributed by atoms with Crippen molar-refractivity contribution in [1.29, 1.82) is 0 Å². The van der Waals surface area contributed by atoms with E-state index in [1.54, 1.807) is 0 Å². The van der Waals surface area contributed by atoms with Crippen LogP contribution in [-0.2, 0) is 4.74 Å². The van der Waals surface area contributed by atoms with Gasteiger partial charge in [0, 0.05) is 18.7 Å². The molecule has 104 valence electrons. The van der Waals surface area contributed by atoms with E-state index in [1.165, 1.54) is 11.3 Å².